The van der Waals surface area contributed by atoms with Gasteiger partial charge in [-0.1, -0.05) is 30.3 Å². The van der Waals surface area contributed by atoms with E-state index in [2.05, 4.69) is 10.6 Å². The quantitative estimate of drug-likeness (QED) is 0.572. The number of hydrogen-bond acceptors (Lipinski definition) is 5. The van der Waals surface area contributed by atoms with E-state index >= 15 is 0 Å². The van der Waals surface area contributed by atoms with Crippen molar-refractivity contribution >= 4 is 29.1 Å². The number of ether oxygens (including phenoxy) is 2. The molecule has 0 radical (unpaired) electrons. The van der Waals surface area contributed by atoms with Crippen LogP contribution in [0.1, 0.15) is 27.9 Å². The third kappa shape index (κ3) is 4.82. The molecule has 1 atom stereocenters. The molecule has 2 N–H and O–H groups in total. The van der Waals surface area contributed by atoms with Crippen molar-refractivity contribution in [2.45, 2.75) is 19.9 Å². The maximum Gasteiger partial charge on any atom is 0.253 e. The summed E-state index contributed by atoms with van der Waals surface area (Å²) in [4.78, 5) is 40.2. The van der Waals surface area contributed by atoms with E-state index in [1.54, 1.807) is 35.2 Å². The second kappa shape index (κ2) is 9.50. The molecule has 0 spiro atoms. The first-order chi connectivity index (χ1) is 17.0. The van der Waals surface area contributed by atoms with Gasteiger partial charge in [0.2, 0.25) is 18.6 Å². The highest BCUT2D eigenvalue weighted by Crippen LogP contribution is 2.32. The number of benzene rings is 3. The molecule has 8 nitrogen and oxygen atoms in total. The molecule has 3 aromatic rings. The van der Waals surface area contributed by atoms with Gasteiger partial charge in [0, 0.05) is 25.2 Å². The lowest BCUT2D eigenvalue weighted by Gasteiger charge is -2.17. The van der Waals surface area contributed by atoms with Crippen molar-refractivity contribution in [2.75, 3.05) is 23.6 Å². The first-order valence-corrected chi connectivity index (χ1v) is 11.4. The zero-order valence-electron chi connectivity index (χ0n) is 19.2. The number of aryl methyl sites for hydroxylation is 1. The molecule has 0 aromatic heterocycles. The van der Waals surface area contributed by atoms with Crippen molar-refractivity contribution in [3.63, 3.8) is 0 Å². The molecule has 3 aromatic carbocycles. The van der Waals surface area contributed by atoms with Gasteiger partial charge < -0.3 is 25.0 Å². The molecule has 178 valence electrons. The fraction of sp³-hybridized carbons (Fsp3) is 0.222. The summed E-state index contributed by atoms with van der Waals surface area (Å²) in [6.07, 6.45) is 0.123. The van der Waals surface area contributed by atoms with Gasteiger partial charge in [0.15, 0.2) is 11.5 Å². The number of nitrogens with one attached hydrogen (secondary N) is 2. The van der Waals surface area contributed by atoms with Gasteiger partial charge in [-0.05, 0) is 54.4 Å². The van der Waals surface area contributed by atoms with Crippen LogP contribution in [0.15, 0.2) is 66.7 Å². The zero-order valence-corrected chi connectivity index (χ0v) is 19.2. The first kappa shape index (κ1) is 22.5. The molecule has 2 aliphatic rings. The van der Waals surface area contributed by atoms with Gasteiger partial charge in [-0.25, -0.2) is 0 Å². The van der Waals surface area contributed by atoms with E-state index < -0.39 is 5.92 Å². The summed E-state index contributed by atoms with van der Waals surface area (Å²) < 4.78 is 10.7. The van der Waals surface area contributed by atoms with Crippen LogP contribution < -0.4 is 25.0 Å². The van der Waals surface area contributed by atoms with Crippen LogP contribution in [0.2, 0.25) is 0 Å². The fourth-order valence-electron chi connectivity index (χ4n) is 4.28. The number of carbonyl (C=O) groups excluding carboxylic acids is 3. The molecule has 8 heteroatoms. The van der Waals surface area contributed by atoms with Crippen LogP contribution in [-0.2, 0) is 16.1 Å². The van der Waals surface area contributed by atoms with E-state index in [9.17, 15) is 14.4 Å². The lowest BCUT2D eigenvalue weighted by molar-refractivity contribution is -0.122. The summed E-state index contributed by atoms with van der Waals surface area (Å²) in [6.45, 7) is 2.74. The van der Waals surface area contributed by atoms with Crippen molar-refractivity contribution in [2.24, 2.45) is 5.92 Å². The summed E-state index contributed by atoms with van der Waals surface area (Å²) in [6, 6.07) is 20.0. The van der Waals surface area contributed by atoms with Crippen LogP contribution in [0.4, 0.5) is 11.4 Å². The summed E-state index contributed by atoms with van der Waals surface area (Å²) in [5.41, 5.74) is 3.45. The van der Waals surface area contributed by atoms with Gasteiger partial charge in [-0.2, -0.15) is 0 Å². The molecule has 35 heavy (non-hydrogen) atoms. The normalized spacial score (nSPS) is 16.3. The molecule has 0 bridgehead atoms. The minimum Gasteiger partial charge on any atom is -0.454 e. The third-order valence-electron chi connectivity index (χ3n) is 6.13. The van der Waals surface area contributed by atoms with Crippen LogP contribution >= 0.6 is 0 Å². The Kier molecular flexibility index (Phi) is 6.10. The first-order valence-electron chi connectivity index (χ1n) is 11.4. The molecule has 3 amide bonds. The Morgan fingerprint density at radius 2 is 1.83 bits per heavy atom. The highest BCUT2D eigenvalue weighted by molar-refractivity contribution is 6.07. The summed E-state index contributed by atoms with van der Waals surface area (Å²) in [5.74, 6) is 0.125. The lowest BCUT2D eigenvalue weighted by Crippen LogP contribution is -2.29. The standard InChI is InChI=1S/C27H25N3O5/c1-17-5-4-6-20(11-17)30-15-19(13-25(30)31)26(32)29-22-8-3-2-7-21(22)27(33)28-14-18-9-10-23-24(12-18)35-16-34-23/h2-12,19H,13-16H2,1H3,(H,28,33)(H,29,32)/t19-/m1/s1. The van der Waals surface area contributed by atoms with Crippen LogP contribution in [-0.4, -0.2) is 31.1 Å². The number of carbonyl (C=O) groups is 3. The summed E-state index contributed by atoms with van der Waals surface area (Å²) in [7, 11) is 0. The number of nitrogens with zero attached hydrogens (tertiary/aromatic N) is 1. The predicted octanol–water partition coefficient (Wildman–Crippen LogP) is 3.65. The average Bonchev–Trinajstić information content (AvgIpc) is 3.49. The van der Waals surface area contributed by atoms with Gasteiger partial charge >= 0.3 is 0 Å². The van der Waals surface area contributed by atoms with E-state index in [0.717, 1.165) is 16.8 Å². The Morgan fingerprint density at radius 3 is 2.69 bits per heavy atom. The van der Waals surface area contributed by atoms with Crippen molar-refractivity contribution in [3.05, 3.63) is 83.4 Å². The van der Waals surface area contributed by atoms with E-state index in [-0.39, 0.29) is 30.9 Å². The van der Waals surface area contributed by atoms with E-state index in [1.165, 1.54) is 0 Å². The minimum atomic E-state index is -0.507. The second-order valence-corrected chi connectivity index (χ2v) is 8.65. The van der Waals surface area contributed by atoms with Gasteiger partial charge in [-0.3, -0.25) is 14.4 Å². The molecule has 0 unspecified atom stereocenters. The highest BCUT2D eigenvalue weighted by Gasteiger charge is 2.35. The number of amides is 3. The van der Waals surface area contributed by atoms with Crippen molar-refractivity contribution in [1.29, 1.82) is 0 Å². The monoisotopic (exact) mass is 471 g/mol. The Bertz CT molecular complexity index is 1310. The molecule has 2 heterocycles. The smallest absolute Gasteiger partial charge is 0.253 e. The second-order valence-electron chi connectivity index (χ2n) is 8.65. The van der Waals surface area contributed by atoms with Crippen molar-refractivity contribution in [1.82, 2.24) is 5.32 Å². The molecule has 2 aliphatic heterocycles. The number of para-hydroxylation sites is 1. The predicted molar refractivity (Wildman–Crippen MR) is 130 cm³/mol. The van der Waals surface area contributed by atoms with Gasteiger partial charge in [-0.15, -0.1) is 0 Å². The number of rotatable bonds is 6. The third-order valence-corrected chi connectivity index (χ3v) is 6.13. The summed E-state index contributed by atoms with van der Waals surface area (Å²) in [5, 5.41) is 5.74. The van der Waals surface area contributed by atoms with Gasteiger partial charge in [0.05, 0.1) is 17.2 Å². The van der Waals surface area contributed by atoms with Crippen LogP contribution in [0.25, 0.3) is 0 Å². The van der Waals surface area contributed by atoms with Crippen LogP contribution in [0.5, 0.6) is 11.5 Å². The minimum absolute atomic E-state index is 0.0921. The molecule has 0 aliphatic carbocycles. The van der Waals surface area contributed by atoms with E-state index in [4.69, 9.17) is 9.47 Å². The van der Waals surface area contributed by atoms with Crippen molar-refractivity contribution in [3.8, 4) is 11.5 Å². The maximum absolute atomic E-state index is 13.0. The molecule has 1 fully saturated rings. The number of hydrogen-bond donors (Lipinski definition) is 2. The fourth-order valence-corrected chi connectivity index (χ4v) is 4.28. The van der Waals surface area contributed by atoms with Crippen molar-refractivity contribution < 1.29 is 23.9 Å². The zero-order chi connectivity index (χ0) is 24.4. The van der Waals surface area contributed by atoms with Gasteiger partial charge in [0.25, 0.3) is 5.91 Å². The average molecular weight is 472 g/mol. The molecule has 5 rings (SSSR count). The molecular weight excluding hydrogens is 446 g/mol. The maximum atomic E-state index is 13.0. The Hall–Kier alpha value is -4.33. The molecule has 1 saturated heterocycles. The largest absolute Gasteiger partial charge is 0.454 e. The molecule has 0 saturated carbocycles. The van der Waals surface area contributed by atoms with E-state index in [0.29, 0.717) is 35.8 Å². The Labute approximate surface area is 202 Å². The molecular formula is C27H25N3O5. The Balaban J connectivity index is 1.24. The topological polar surface area (TPSA) is 97.0 Å². The summed E-state index contributed by atoms with van der Waals surface area (Å²) >= 11 is 0. The van der Waals surface area contributed by atoms with Gasteiger partial charge in [0.1, 0.15) is 0 Å². The van der Waals surface area contributed by atoms with Crippen LogP contribution in [0, 0.1) is 12.8 Å². The van der Waals surface area contributed by atoms with Crippen LogP contribution in [0.3, 0.4) is 0 Å². The number of fused-ring (bicyclic) bond motifs is 1. The highest BCUT2D eigenvalue weighted by atomic mass is 16.7. The lowest BCUT2D eigenvalue weighted by atomic mass is 10.1. The number of anilines is 2. The SMILES string of the molecule is Cc1cccc(N2C[C@H](C(=O)Nc3ccccc3C(=O)NCc3ccc4c(c3)OCO4)CC2=O)c1. The van der Waals surface area contributed by atoms with E-state index in [1.807, 2.05) is 43.3 Å². The Morgan fingerprint density at radius 1 is 1.00 bits per heavy atom.